The smallest absolute Gasteiger partial charge is 0.341 e. The molecule has 1 unspecified atom stereocenters. The van der Waals surface area contributed by atoms with Crippen LogP contribution in [0.3, 0.4) is 0 Å². The van der Waals surface area contributed by atoms with Gasteiger partial charge in [0.15, 0.2) is 0 Å². The second kappa shape index (κ2) is 15.9. The minimum atomic E-state index is -4.91. The lowest BCUT2D eigenvalue weighted by atomic mass is 9.84. The number of hydrogen-bond donors (Lipinski definition) is 4. The molecule has 3 fully saturated rings. The Labute approximate surface area is 305 Å². The number of ether oxygens (including phenoxy) is 1. The summed E-state index contributed by atoms with van der Waals surface area (Å²) in [5, 5.41) is 24.4. The number of hydrogen-bond acceptors (Lipinski definition) is 11. The molecule has 1 saturated carbocycles. The fraction of sp³-hybridized carbons (Fsp3) is 0.618. The van der Waals surface area contributed by atoms with Crippen LogP contribution in [0.2, 0.25) is 0 Å². The normalized spacial score (nSPS) is 21.6. The molecule has 53 heavy (non-hydrogen) atoms. The first kappa shape index (κ1) is 39.8. The highest BCUT2D eigenvalue weighted by Gasteiger charge is 2.49. The zero-order valence-electron chi connectivity index (χ0n) is 29.5. The number of carbonyl (C=O) groups is 5. The van der Waals surface area contributed by atoms with Gasteiger partial charge in [-0.3, -0.25) is 24.0 Å². The third-order valence-electron chi connectivity index (χ3n) is 10.4. The van der Waals surface area contributed by atoms with Crippen molar-refractivity contribution in [3.8, 4) is 0 Å². The van der Waals surface area contributed by atoms with Gasteiger partial charge in [0.1, 0.15) is 23.2 Å². The van der Waals surface area contributed by atoms with Gasteiger partial charge in [-0.15, -0.1) is 5.10 Å². The van der Waals surface area contributed by atoms with Crippen molar-refractivity contribution in [2.24, 2.45) is 11.7 Å². The first-order chi connectivity index (χ1) is 24.9. The van der Waals surface area contributed by atoms with Gasteiger partial charge in [0.2, 0.25) is 27.4 Å². The topological polar surface area (TPSA) is 233 Å². The Morgan fingerprint density at radius 3 is 2.30 bits per heavy atom. The van der Waals surface area contributed by atoms with E-state index in [2.05, 4.69) is 20.9 Å². The van der Waals surface area contributed by atoms with Crippen LogP contribution in [0, 0.1) is 5.92 Å². The predicted octanol–water partition coefficient (Wildman–Crippen LogP) is 1.13. The average molecular weight is 766 g/mol. The third kappa shape index (κ3) is 8.73. The third-order valence-corrected chi connectivity index (χ3v) is 11.8. The van der Waals surface area contributed by atoms with Gasteiger partial charge < -0.3 is 31.1 Å². The first-order valence-electron chi connectivity index (χ1n) is 17.5. The van der Waals surface area contributed by atoms with E-state index in [0.717, 1.165) is 56.4 Å². The molecule has 19 heteroatoms. The Morgan fingerprint density at radius 1 is 1.08 bits per heavy atom. The van der Waals surface area contributed by atoms with Crippen molar-refractivity contribution >= 4 is 39.2 Å². The Morgan fingerprint density at radius 2 is 1.72 bits per heavy atom. The molecule has 1 aliphatic carbocycles. The quantitative estimate of drug-likeness (QED) is 0.211. The molecule has 2 saturated heterocycles. The van der Waals surface area contributed by atoms with Gasteiger partial charge in [-0.05, 0) is 50.5 Å². The van der Waals surface area contributed by atoms with E-state index in [4.69, 9.17) is 10.5 Å². The van der Waals surface area contributed by atoms with Crippen LogP contribution < -0.4 is 16.4 Å². The van der Waals surface area contributed by atoms with Crippen LogP contribution in [0.4, 0.5) is 8.78 Å². The lowest BCUT2D eigenvalue weighted by Gasteiger charge is -2.37. The Balaban J connectivity index is 1.48. The molecule has 4 amide bonds. The summed E-state index contributed by atoms with van der Waals surface area (Å²) in [4.78, 5) is 68.3. The Kier molecular flexibility index (Phi) is 12.0. The number of benzene rings is 1. The van der Waals surface area contributed by atoms with Gasteiger partial charge in [0, 0.05) is 44.6 Å². The van der Waals surface area contributed by atoms with Crippen molar-refractivity contribution in [3.05, 3.63) is 41.7 Å². The zero-order chi connectivity index (χ0) is 38.7. The van der Waals surface area contributed by atoms with E-state index in [-0.39, 0.29) is 56.9 Å². The number of nitrogens with one attached hydrogen (secondary N) is 2. The molecule has 290 valence electrons. The molecule has 3 heterocycles. The zero-order valence-corrected chi connectivity index (χ0v) is 30.3. The molecular weight excluding hydrogens is 720 g/mol. The number of aliphatic hydroxyl groups is 1. The average Bonchev–Trinajstić information content (AvgIpc) is 3.80. The summed E-state index contributed by atoms with van der Waals surface area (Å²) in [6, 6.07) is 0.803. The van der Waals surface area contributed by atoms with Crippen LogP contribution in [-0.2, 0) is 39.4 Å². The van der Waals surface area contributed by atoms with E-state index < -0.39 is 79.2 Å². The second-order valence-corrected chi connectivity index (χ2v) is 16.4. The van der Waals surface area contributed by atoms with Gasteiger partial charge in [-0.25, -0.2) is 13.1 Å². The molecule has 2 aromatic rings. The number of aromatic nitrogens is 3. The molecule has 1 aromatic heterocycles. The molecule has 2 aliphatic heterocycles. The number of nitrogens with two attached hydrogens (primary N) is 1. The van der Waals surface area contributed by atoms with Gasteiger partial charge >= 0.3 is 5.76 Å². The molecular formula is C34H45F2N7O9S. The van der Waals surface area contributed by atoms with Gasteiger partial charge in [-0.1, -0.05) is 37.3 Å². The van der Waals surface area contributed by atoms with Gasteiger partial charge in [0.05, 0.1) is 22.8 Å². The maximum Gasteiger partial charge on any atom is 0.341 e. The summed E-state index contributed by atoms with van der Waals surface area (Å²) in [6.07, 6.45) is 5.91. The first-order valence-corrected chi connectivity index (χ1v) is 19.1. The SMILES string of the molecule is CC(C)(O)c1cnnn1[C@H]1C[C@@H](C(=O)NC2(C(=O)C(N)=O)CCOCC2)N(C(=O)C(CC2CCCCC2)NC(=O)c2ccc(S(=O)(=O)C(F)F)cc2)C1. The number of rotatable bonds is 13. The van der Waals surface area contributed by atoms with E-state index >= 15 is 0 Å². The fourth-order valence-corrected chi connectivity index (χ4v) is 8.16. The van der Waals surface area contributed by atoms with Crippen LogP contribution in [0.15, 0.2) is 35.4 Å². The molecule has 1 aromatic carbocycles. The minimum absolute atomic E-state index is 0.0334. The monoisotopic (exact) mass is 765 g/mol. The lowest BCUT2D eigenvalue weighted by Crippen LogP contribution is -2.64. The number of likely N-dealkylation sites (tertiary alicyclic amines) is 1. The predicted molar refractivity (Wildman–Crippen MR) is 182 cm³/mol. The van der Waals surface area contributed by atoms with Crippen LogP contribution >= 0.6 is 0 Å². The maximum atomic E-state index is 14.7. The molecule has 3 aliphatic rings. The fourth-order valence-electron chi connectivity index (χ4n) is 7.44. The number of Topliss-reactive ketones (excluding diaryl/α,β-unsaturated/α-hetero) is 1. The van der Waals surface area contributed by atoms with Crippen LogP contribution in [0.1, 0.15) is 93.7 Å². The second-order valence-electron chi connectivity index (χ2n) is 14.5. The van der Waals surface area contributed by atoms with Crippen molar-refractivity contribution in [2.75, 3.05) is 19.8 Å². The molecule has 0 spiro atoms. The van der Waals surface area contributed by atoms with Crippen molar-refractivity contribution in [1.29, 1.82) is 0 Å². The van der Waals surface area contributed by atoms with E-state index in [0.29, 0.717) is 5.69 Å². The molecule has 0 radical (unpaired) electrons. The van der Waals surface area contributed by atoms with E-state index in [1.165, 1.54) is 29.6 Å². The molecule has 5 rings (SSSR count). The summed E-state index contributed by atoms with van der Waals surface area (Å²) in [5.74, 6) is -8.00. The van der Waals surface area contributed by atoms with Crippen molar-refractivity contribution in [2.45, 2.75) is 112 Å². The van der Waals surface area contributed by atoms with Gasteiger partial charge in [-0.2, -0.15) is 8.78 Å². The lowest BCUT2D eigenvalue weighted by molar-refractivity contribution is -0.147. The maximum absolute atomic E-state index is 14.7. The number of primary amides is 1. The highest BCUT2D eigenvalue weighted by Crippen LogP contribution is 2.34. The summed E-state index contributed by atoms with van der Waals surface area (Å²) in [6.45, 7) is 3.07. The number of carbonyl (C=O) groups excluding carboxylic acids is 5. The molecule has 0 bridgehead atoms. The summed E-state index contributed by atoms with van der Waals surface area (Å²) < 4.78 is 56.9. The van der Waals surface area contributed by atoms with Crippen LogP contribution in [0.5, 0.6) is 0 Å². The van der Waals surface area contributed by atoms with Crippen molar-refractivity contribution in [1.82, 2.24) is 30.5 Å². The summed E-state index contributed by atoms with van der Waals surface area (Å²) >= 11 is 0. The Bertz CT molecular complexity index is 1800. The number of halogens is 2. The number of nitrogens with zero attached hydrogens (tertiary/aromatic N) is 4. The highest BCUT2D eigenvalue weighted by atomic mass is 32.2. The van der Waals surface area contributed by atoms with Crippen molar-refractivity contribution in [3.63, 3.8) is 0 Å². The van der Waals surface area contributed by atoms with E-state index in [1.54, 1.807) is 0 Å². The highest BCUT2D eigenvalue weighted by molar-refractivity contribution is 7.91. The van der Waals surface area contributed by atoms with Crippen LogP contribution in [0.25, 0.3) is 0 Å². The molecule has 16 nitrogen and oxygen atoms in total. The molecule has 3 atom stereocenters. The standard InChI is InChI=1S/C34H45F2N7O9S/c1-33(2,49)26-18-38-41-43(26)22-17-25(30(47)40-34(27(44)28(37)45)12-14-52-15-13-34)42(19-22)31(48)24(16-20-6-4-3-5-7-20)39-29(46)21-8-10-23(11-9-21)53(50,51)32(35)36/h8-11,18,20,22,24-25,32,49H,3-7,12-17,19H2,1-2H3,(H2,37,45)(H,39,46)(H,40,47)/t22-,24?,25-/m0/s1. The number of ketones is 1. The van der Waals surface area contributed by atoms with Gasteiger partial charge in [0.25, 0.3) is 11.8 Å². The number of alkyl halides is 2. The number of sulfone groups is 1. The van der Waals surface area contributed by atoms with Crippen LogP contribution in [-0.4, -0.2) is 106 Å². The van der Waals surface area contributed by atoms with E-state index in [9.17, 15) is 46.3 Å². The van der Waals surface area contributed by atoms with E-state index in [1.807, 2.05) is 0 Å². The summed E-state index contributed by atoms with van der Waals surface area (Å²) in [7, 11) is -4.91. The Hall–Kier alpha value is -4.36. The largest absolute Gasteiger partial charge is 0.384 e. The summed E-state index contributed by atoms with van der Waals surface area (Å²) in [5.41, 5.74) is 2.53. The molecule has 5 N–H and O–H groups in total. The number of amides is 4. The van der Waals surface area contributed by atoms with Crippen molar-refractivity contribution < 1.29 is 51.0 Å². The minimum Gasteiger partial charge on any atom is -0.384 e.